The van der Waals surface area contributed by atoms with Gasteiger partial charge in [-0.25, -0.2) is 4.39 Å². The van der Waals surface area contributed by atoms with Gasteiger partial charge in [0.1, 0.15) is 5.82 Å². The topological polar surface area (TPSA) is 0 Å². The van der Waals surface area contributed by atoms with Crippen LogP contribution in [0.25, 0.3) is 0 Å². The zero-order valence-electron chi connectivity index (χ0n) is 18.0. The van der Waals surface area contributed by atoms with E-state index in [9.17, 15) is 4.39 Å². The molecule has 0 heterocycles. The number of rotatable bonds is 8. The van der Waals surface area contributed by atoms with Gasteiger partial charge in [0.05, 0.1) is 5.56 Å². The Balaban J connectivity index is 1.50. The van der Waals surface area contributed by atoms with Crippen LogP contribution in [0.1, 0.15) is 54.0 Å². The van der Waals surface area contributed by atoms with Crippen molar-refractivity contribution in [2.24, 2.45) is 0 Å². The van der Waals surface area contributed by atoms with E-state index in [2.05, 4.69) is 67.3 Å². The van der Waals surface area contributed by atoms with E-state index in [0.717, 1.165) is 31.2 Å². The smallest absolute Gasteiger partial charge is 0.140 e. The van der Waals surface area contributed by atoms with E-state index in [1.54, 1.807) is 12.1 Å². The average molecular weight is 431 g/mol. The highest BCUT2D eigenvalue weighted by molar-refractivity contribution is 6.30. The van der Waals surface area contributed by atoms with Gasteiger partial charge < -0.3 is 0 Å². The van der Waals surface area contributed by atoms with E-state index >= 15 is 0 Å². The van der Waals surface area contributed by atoms with E-state index < -0.39 is 5.82 Å². The first-order valence-electron chi connectivity index (χ1n) is 10.9. The van der Waals surface area contributed by atoms with E-state index in [1.807, 2.05) is 12.1 Å². The Morgan fingerprint density at radius 2 is 1.32 bits per heavy atom. The fourth-order valence-corrected chi connectivity index (χ4v) is 3.46. The lowest BCUT2D eigenvalue weighted by Gasteiger charge is -2.05. The fraction of sp³-hybridized carbons (Fsp3) is 0.241. The van der Waals surface area contributed by atoms with Gasteiger partial charge in [-0.1, -0.05) is 85.3 Å². The van der Waals surface area contributed by atoms with Crippen LogP contribution in [-0.4, -0.2) is 0 Å². The molecule has 0 radical (unpaired) electrons. The summed E-state index contributed by atoms with van der Waals surface area (Å²) in [7, 11) is 0. The standard InChI is InChI=1S/C29H28ClF/c1-2-3-4-5-6-7-23-8-10-24(11-9-23)12-13-25-14-16-26(17-15-25)18-19-27-20-21-28(30)22-29(27)31/h4-5,8-11,14-17,20-22H,2-3,6-7,12-13H2,1H3/b5-4+. The minimum absolute atomic E-state index is 0.355. The van der Waals surface area contributed by atoms with E-state index in [1.165, 1.54) is 35.6 Å². The summed E-state index contributed by atoms with van der Waals surface area (Å²) in [5, 5.41) is 0.376. The van der Waals surface area contributed by atoms with Crippen LogP contribution < -0.4 is 0 Å². The van der Waals surface area contributed by atoms with E-state index in [4.69, 9.17) is 11.6 Å². The summed E-state index contributed by atoms with van der Waals surface area (Å²) >= 11 is 5.78. The molecule has 0 saturated carbocycles. The Hall–Kier alpha value is -2.82. The Morgan fingerprint density at radius 1 is 0.742 bits per heavy atom. The highest BCUT2D eigenvalue weighted by Crippen LogP contribution is 2.14. The number of hydrogen-bond acceptors (Lipinski definition) is 0. The predicted molar refractivity (Wildman–Crippen MR) is 130 cm³/mol. The minimum Gasteiger partial charge on any atom is -0.206 e. The lowest BCUT2D eigenvalue weighted by molar-refractivity contribution is 0.624. The maximum atomic E-state index is 13.8. The van der Waals surface area contributed by atoms with Crippen molar-refractivity contribution < 1.29 is 4.39 Å². The zero-order chi connectivity index (χ0) is 21.9. The van der Waals surface area contributed by atoms with Crippen LogP contribution in [0.4, 0.5) is 4.39 Å². The Labute approximate surface area is 190 Å². The molecule has 3 aromatic carbocycles. The van der Waals surface area contributed by atoms with Crippen molar-refractivity contribution in [3.8, 4) is 11.8 Å². The van der Waals surface area contributed by atoms with Crippen LogP contribution in [0.15, 0.2) is 78.9 Å². The number of benzene rings is 3. The van der Waals surface area contributed by atoms with Gasteiger partial charge >= 0.3 is 0 Å². The summed E-state index contributed by atoms with van der Waals surface area (Å²) in [6, 6.07) is 21.7. The molecule has 0 fully saturated rings. The van der Waals surface area contributed by atoms with Crippen LogP contribution in [0.3, 0.4) is 0 Å². The first-order chi connectivity index (χ1) is 15.1. The molecule has 0 unspecified atom stereocenters. The SMILES string of the molecule is CCC/C=C/CCc1ccc(CCc2ccc(C#Cc3ccc(Cl)cc3F)cc2)cc1. The maximum absolute atomic E-state index is 13.8. The third-order valence-corrected chi connectivity index (χ3v) is 5.41. The molecule has 158 valence electrons. The second kappa shape index (κ2) is 12.1. The molecule has 0 spiro atoms. The highest BCUT2D eigenvalue weighted by atomic mass is 35.5. The summed E-state index contributed by atoms with van der Waals surface area (Å²) < 4.78 is 13.8. The summed E-state index contributed by atoms with van der Waals surface area (Å²) in [4.78, 5) is 0. The molecule has 0 nitrogen and oxygen atoms in total. The number of hydrogen-bond donors (Lipinski definition) is 0. The second-order valence-electron chi connectivity index (χ2n) is 7.69. The van der Waals surface area contributed by atoms with Crippen molar-refractivity contribution >= 4 is 11.6 Å². The number of aryl methyl sites for hydroxylation is 3. The summed E-state index contributed by atoms with van der Waals surface area (Å²) in [6.07, 6.45) is 11.2. The minimum atomic E-state index is -0.393. The zero-order valence-corrected chi connectivity index (χ0v) is 18.8. The highest BCUT2D eigenvalue weighted by Gasteiger charge is 2.00. The molecule has 3 aromatic rings. The molecule has 31 heavy (non-hydrogen) atoms. The summed E-state index contributed by atoms with van der Waals surface area (Å²) in [5.74, 6) is 5.50. The van der Waals surface area contributed by atoms with Gasteiger partial charge in [-0.15, -0.1) is 0 Å². The number of halogens is 2. The molecule has 0 aliphatic carbocycles. The van der Waals surface area contributed by atoms with Gasteiger partial charge in [-0.2, -0.15) is 0 Å². The first-order valence-corrected chi connectivity index (χ1v) is 11.3. The van der Waals surface area contributed by atoms with Crippen LogP contribution in [0.5, 0.6) is 0 Å². The van der Waals surface area contributed by atoms with Crippen LogP contribution in [0.2, 0.25) is 5.02 Å². The Kier molecular flexibility index (Phi) is 8.95. The molecule has 2 heteroatoms. The Bertz CT molecular complexity index is 1050. The molecular weight excluding hydrogens is 403 g/mol. The molecule has 0 aliphatic heterocycles. The van der Waals surface area contributed by atoms with Crippen molar-refractivity contribution in [3.63, 3.8) is 0 Å². The Morgan fingerprint density at radius 3 is 1.94 bits per heavy atom. The summed E-state index contributed by atoms with van der Waals surface area (Å²) in [5.41, 5.74) is 5.25. The molecule has 0 saturated heterocycles. The number of unbranched alkanes of at least 4 members (excludes halogenated alkanes) is 1. The molecule has 0 N–H and O–H groups in total. The molecule has 0 amide bonds. The molecular formula is C29H28ClF. The van der Waals surface area contributed by atoms with Crippen molar-refractivity contribution in [2.75, 3.05) is 0 Å². The van der Waals surface area contributed by atoms with Gasteiger partial charge in [0.25, 0.3) is 0 Å². The van der Waals surface area contributed by atoms with Gasteiger partial charge in [-0.3, -0.25) is 0 Å². The van der Waals surface area contributed by atoms with Crippen molar-refractivity contribution in [3.05, 3.63) is 118 Å². The third kappa shape index (κ3) is 7.74. The molecule has 0 atom stereocenters. The number of allylic oxidation sites excluding steroid dienone is 2. The molecule has 0 bridgehead atoms. The van der Waals surface area contributed by atoms with Crippen LogP contribution in [0, 0.1) is 17.7 Å². The third-order valence-electron chi connectivity index (χ3n) is 5.17. The van der Waals surface area contributed by atoms with Crippen molar-refractivity contribution in [1.29, 1.82) is 0 Å². The van der Waals surface area contributed by atoms with E-state index in [0.29, 0.717) is 10.6 Å². The largest absolute Gasteiger partial charge is 0.206 e. The first kappa shape index (κ1) is 22.9. The second-order valence-corrected chi connectivity index (χ2v) is 8.12. The lowest BCUT2D eigenvalue weighted by atomic mass is 10.0. The van der Waals surface area contributed by atoms with E-state index in [-0.39, 0.29) is 0 Å². The normalized spacial score (nSPS) is 10.8. The van der Waals surface area contributed by atoms with Gasteiger partial charge in [0.2, 0.25) is 0 Å². The fourth-order valence-electron chi connectivity index (χ4n) is 3.30. The summed E-state index contributed by atoms with van der Waals surface area (Å²) in [6.45, 7) is 2.21. The monoisotopic (exact) mass is 430 g/mol. The quantitative estimate of drug-likeness (QED) is 0.251. The van der Waals surface area contributed by atoms with Gasteiger partial charge in [0, 0.05) is 10.6 Å². The maximum Gasteiger partial charge on any atom is 0.140 e. The molecule has 0 aromatic heterocycles. The van der Waals surface area contributed by atoms with Gasteiger partial charge in [-0.05, 0) is 79.1 Å². The van der Waals surface area contributed by atoms with Crippen molar-refractivity contribution in [2.45, 2.75) is 45.4 Å². The molecule has 0 aliphatic rings. The van der Waals surface area contributed by atoms with Crippen LogP contribution >= 0.6 is 11.6 Å². The van der Waals surface area contributed by atoms with Gasteiger partial charge in [0.15, 0.2) is 0 Å². The van der Waals surface area contributed by atoms with Crippen molar-refractivity contribution in [1.82, 2.24) is 0 Å². The predicted octanol–water partition coefficient (Wildman–Crippen LogP) is 7.95. The molecule has 3 rings (SSSR count). The van der Waals surface area contributed by atoms with Crippen LogP contribution in [-0.2, 0) is 19.3 Å². The average Bonchev–Trinajstić information content (AvgIpc) is 2.78. The lowest BCUT2D eigenvalue weighted by Crippen LogP contribution is -1.92.